The molecule has 0 aromatic heterocycles. The standard InChI is InChI=1S/C57H106O6/c1-4-7-10-13-15-17-19-21-23-24-25-26-27-28-29-30-31-32-33-34-36-37-39-41-44-47-50-56(59)62-53-54(52-61-55(58)49-46-43-12-9-6-3)63-57(60)51-48-45-42-40-38-35-22-20-18-16-14-11-8-5-2/h14,16,20,22,54H,4-13,15,17-19,21,23-53H2,1-3H3/b16-14-,22-20-. The Bertz CT molecular complexity index is 1020. The van der Waals surface area contributed by atoms with E-state index < -0.39 is 6.10 Å². The number of rotatable bonds is 51. The van der Waals surface area contributed by atoms with Gasteiger partial charge in [-0.25, -0.2) is 0 Å². The van der Waals surface area contributed by atoms with E-state index in [0.29, 0.717) is 19.3 Å². The van der Waals surface area contributed by atoms with Gasteiger partial charge in [0.05, 0.1) is 0 Å². The maximum Gasteiger partial charge on any atom is 0.306 e. The third kappa shape index (κ3) is 50.7. The molecule has 6 nitrogen and oxygen atoms in total. The number of esters is 3. The van der Waals surface area contributed by atoms with Crippen molar-refractivity contribution in [1.82, 2.24) is 0 Å². The molecule has 1 unspecified atom stereocenters. The topological polar surface area (TPSA) is 78.9 Å². The van der Waals surface area contributed by atoms with Gasteiger partial charge in [0.25, 0.3) is 0 Å². The van der Waals surface area contributed by atoms with Gasteiger partial charge in [-0.2, -0.15) is 0 Å². The highest BCUT2D eigenvalue weighted by atomic mass is 16.6. The van der Waals surface area contributed by atoms with Crippen LogP contribution in [-0.2, 0) is 28.6 Å². The number of ether oxygens (including phenoxy) is 3. The van der Waals surface area contributed by atoms with Crippen LogP contribution in [0.15, 0.2) is 24.3 Å². The first-order valence-corrected chi connectivity index (χ1v) is 27.8. The molecule has 0 aliphatic carbocycles. The molecule has 0 spiro atoms. The van der Waals surface area contributed by atoms with Crippen LogP contribution in [0, 0.1) is 0 Å². The van der Waals surface area contributed by atoms with Crippen molar-refractivity contribution in [3.05, 3.63) is 24.3 Å². The molecule has 0 saturated carbocycles. The van der Waals surface area contributed by atoms with E-state index in [-0.39, 0.29) is 31.1 Å². The Hall–Kier alpha value is -2.11. The Morgan fingerprint density at radius 1 is 0.317 bits per heavy atom. The maximum atomic E-state index is 12.7. The summed E-state index contributed by atoms with van der Waals surface area (Å²) in [6.07, 6.45) is 60.8. The third-order valence-electron chi connectivity index (χ3n) is 12.5. The molecule has 0 N–H and O–H groups in total. The number of unbranched alkanes of at least 4 members (excludes halogenated alkanes) is 36. The summed E-state index contributed by atoms with van der Waals surface area (Å²) in [5.41, 5.74) is 0. The molecule has 0 amide bonds. The number of carbonyl (C=O) groups excluding carboxylic acids is 3. The average Bonchev–Trinajstić information content (AvgIpc) is 3.28. The lowest BCUT2D eigenvalue weighted by atomic mass is 10.0. The predicted molar refractivity (Wildman–Crippen MR) is 270 cm³/mol. The molecule has 0 aliphatic rings. The van der Waals surface area contributed by atoms with Gasteiger partial charge in [-0.15, -0.1) is 0 Å². The number of carbonyl (C=O) groups is 3. The van der Waals surface area contributed by atoms with Crippen molar-refractivity contribution in [3.8, 4) is 0 Å². The van der Waals surface area contributed by atoms with Crippen molar-refractivity contribution in [2.45, 2.75) is 309 Å². The van der Waals surface area contributed by atoms with Crippen LogP contribution in [0.5, 0.6) is 0 Å². The van der Waals surface area contributed by atoms with Gasteiger partial charge in [-0.3, -0.25) is 14.4 Å². The van der Waals surface area contributed by atoms with E-state index in [1.54, 1.807) is 0 Å². The second kappa shape index (κ2) is 52.5. The van der Waals surface area contributed by atoms with Gasteiger partial charge in [-0.05, 0) is 44.9 Å². The maximum absolute atomic E-state index is 12.7. The smallest absolute Gasteiger partial charge is 0.306 e. The number of hydrogen-bond acceptors (Lipinski definition) is 6. The SMILES string of the molecule is CCCC/C=C\C/C=C\CCCCCCCC(=O)OC(COC(=O)CCCCCCC)COC(=O)CCCCCCCCCCCCCCCCCCCCCCCCCCCC. The van der Waals surface area contributed by atoms with Crippen LogP contribution >= 0.6 is 0 Å². The van der Waals surface area contributed by atoms with Gasteiger partial charge in [0.2, 0.25) is 0 Å². The van der Waals surface area contributed by atoms with Crippen molar-refractivity contribution in [2.24, 2.45) is 0 Å². The predicted octanol–water partition coefficient (Wildman–Crippen LogP) is 18.3. The molecule has 0 radical (unpaired) electrons. The van der Waals surface area contributed by atoms with Crippen molar-refractivity contribution < 1.29 is 28.6 Å². The van der Waals surface area contributed by atoms with Gasteiger partial charge in [0.1, 0.15) is 13.2 Å². The van der Waals surface area contributed by atoms with Crippen LogP contribution in [0.1, 0.15) is 303 Å². The number of allylic oxidation sites excluding steroid dienone is 4. The largest absolute Gasteiger partial charge is 0.462 e. The minimum Gasteiger partial charge on any atom is -0.462 e. The summed E-state index contributed by atoms with van der Waals surface area (Å²) in [6, 6.07) is 0. The molecular formula is C57H106O6. The summed E-state index contributed by atoms with van der Waals surface area (Å²) >= 11 is 0. The Balaban J connectivity index is 3.98. The van der Waals surface area contributed by atoms with Crippen molar-refractivity contribution in [2.75, 3.05) is 13.2 Å². The van der Waals surface area contributed by atoms with E-state index in [0.717, 1.165) is 89.9 Å². The molecule has 370 valence electrons. The van der Waals surface area contributed by atoms with Gasteiger partial charge in [0.15, 0.2) is 6.10 Å². The van der Waals surface area contributed by atoms with Gasteiger partial charge in [-0.1, -0.05) is 263 Å². The lowest BCUT2D eigenvalue weighted by Gasteiger charge is -2.18. The van der Waals surface area contributed by atoms with E-state index in [1.807, 2.05) is 0 Å². The van der Waals surface area contributed by atoms with E-state index >= 15 is 0 Å². The molecule has 0 aliphatic heterocycles. The zero-order valence-corrected chi connectivity index (χ0v) is 42.4. The first-order valence-electron chi connectivity index (χ1n) is 27.8. The van der Waals surface area contributed by atoms with Crippen LogP contribution in [0.2, 0.25) is 0 Å². The third-order valence-corrected chi connectivity index (χ3v) is 12.5. The summed E-state index contributed by atoms with van der Waals surface area (Å²) < 4.78 is 16.7. The van der Waals surface area contributed by atoms with Gasteiger partial charge >= 0.3 is 17.9 Å². The summed E-state index contributed by atoms with van der Waals surface area (Å²) in [7, 11) is 0. The minimum atomic E-state index is -0.771. The normalized spacial score (nSPS) is 12.1. The van der Waals surface area contributed by atoms with Crippen molar-refractivity contribution in [1.29, 1.82) is 0 Å². The summed E-state index contributed by atoms with van der Waals surface area (Å²) in [5.74, 6) is -0.888. The van der Waals surface area contributed by atoms with Crippen LogP contribution in [0.25, 0.3) is 0 Å². The quantitative estimate of drug-likeness (QED) is 0.0262. The van der Waals surface area contributed by atoms with Crippen molar-refractivity contribution >= 4 is 17.9 Å². The summed E-state index contributed by atoms with van der Waals surface area (Å²) in [5, 5.41) is 0. The van der Waals surface area contributed by atoms with Crippen LogP contribution < -0.4 is 0 Å². The fraction of sp³-hybridized carbons (Fsp3) is 0.877. The second-order valence-electron chi connectivity index (χ2n) is 18.9. The molecule has 6 heteroatoms. The Morgan fingerprint density at radius 2 is 0.587 bits per heavy atom. The van der Waals surface area contributed by atoms with Gasteiger partial charge in [0, 0.05) is 19.3 Å². The highest BCUT2D eigenvalue weighted by Crippen LogP contribution is 2.17. The van der Waals surface area contributed by atoms with E-state index in [2.05, 4.69) is 45.1 Å². The fourth-order valence-electron chi connectivity index (χ4n) is 8.23. The summed E-state index contributed by atoms with van der Waals surface area (Å²) in [4.78, 5) is 37.7. The molecule has 0 fully saturated rings. The van der Waals surface area contributed by atoms with E-state index in [4.69, 9.17) is 14.2 Å². The van der Waals surface area contributed by atoms with Gasteiger partial charge < -0.3 is 14.2 Å². The molecule has 63 heavy (non-hydrogen) atoms. The number of hydrogen-bond donors (Lipinski definition) is 0. The first kappa shape index (κ1) is 60.9. The Kier molecular flexibility index (Phi) is 50.8. The molecule has 0 heterocycles. The lowest BCUT2D eigenvalue weighted by Crippen LogP contribution is -2.30. The molecule has 1 atom stereocenters. The second-order valence-corrected chi connectivity index (χ2v) is 18.9. The van der Waals surface area contributed by atoms with Crippen molar-refractivity contribution in [3.63, 3.8) is 0 Å². The highest BCUT2D eigenvalue weighted by Gasteiger charge is 2.19. The molecule has 0 aromatic rings. The summed E-state index contributed by atoms with van der Waals surface area (Å²) in [6.45, 7) is 6.54. The molecule has 0 aromatic carbocycles. The minimum absolute atomic E-state index is 0.0735. The molecule has 0 rings (SSSR count). The van der Waals surface area contributed by atoms with Crippen LogP contribution in [-0.4, -0.2) is 37.2 Å². The molecule has 0 saturated heterocycles. The van der Waals surface area contributed by atoms with E-state index in [1.165, 1.54) is 173 Å². The monoisotopic (exact) mass is 887 g/mol. The highest BCUT2D eigenvalue weighted by molar-refractivity contribution is 5.71. The van der Waals surface area contributed by atoms with E-state index in [9.17, 15) is 14.4 Å². The Labute approximate surface area is 392 Å². The van der Waals surface area contributed by atoms with Crippen LogP contribution in [0.4, 0.5) is 0 Å². The first-order chi connectivity index (χ1) is 31.0. The molecular weight excluding hydrogens is 781 g/mol. The lowest BCUT2D eigenvalue weighted by molar-refractivity contribution is -0.167. The molecule has 0 bridgehead atoms. The average molecular weight is 887 g/mol. The van der Waals surface area contributed by atoms with Crippen LogP contribution in [0.3, 0.4) is 0 Å². The zero-order chi connectivity index (χ0) is 45.8. The zero-order valence-electron chi connectivity index (χ0n) is 42.4. The Morgan fingerprint density at radius 3 is 0.921 bits per heavy atom. The fourth-order valence-corrected chi connectivity index (χ4v) is 8.23.